The van der Waals surface area contributed by atoms with E-state index in [1.807, 2.05) is 0 Å². The molecule has 0 aliphatic rings. The van der Waals surface area contributed by atoms with Gasteiger partial charge >= 0.3 is 68.5 Å². The molecule has 0 aromatic rings. The van der Waals surface area contributed by atoms with Crippen LogP contribution in [0, 0.1) is 0 Å². The van der Waals surface area contributed by atoms with Gasteiger partial charge in [-0.25, -0.2) is 0 Å². The average molecular weight is 378 g/mol. The Labute approximate surface area is 151 Å². The van der Waals surface area contributed by atoms with Crippen molar-refractivity contribution in [3.8, 4) is 0 Å². The summed E-state index contributed by atoms with van der Waals surface area (Å²) in [5, 5.41) is 38.9. The molecule has 0 rings (SSSR count). The van der Waals surface area contributed by atoms with Crippen LogP contribution < -0.4 is 57.3 Å². The smallest absolute Gasteiger partial charge is 1.00 e. The summed E-state index contributed by atoms with van der Waals surface area (Å²) in [6, 6.07) is 0. The number of carboxylic acids is 3. The number of aliphatic hydroxyl groups is 1. The van der Waals surface area contributed by atoms with Crippen molar-refractivity contribution in [2.75, 3.05) is 0 Å². The Kier molecular flexibility index (Phi) is 24.1. The summed E-state index contributed by atoms with van der Waals surface area (Å²) in [4.78, 5) is 30.0. The molecule has 17 heavy (non-hydrogen) atoms. The molecule has 11 heteroatoms. The average Bonchev–Trinajstić information content (AvgIpc) is 1.82. The van der Waals surface area contributed by atoms with E-state index in [4.69, 9.17) is 5.11 Å². The summed E-state index contributed by atoms with van der Waals surface area (Å²) in [5.74, 6) is -5.98. The normalized spacial score (nSPS) is 8.29. The second-order valence-electron chi connectivity index (χ2n) is 2.42. The second-order valence-corrected chi connectivity index (χ2v) is 2.42. The van der Waals surface area contributed by atoms with E-state index in [1.54, 1.807) is 0 Å². The summed E-state index contributed by atoms with van der Waals surface area (Å²) >= 11 is 0. The number of carboxylic acid groups (broad SMARTS) is 3. The molecule has 0 fully saturated rings. The topological polar surface area (TPSA) is 141 Å². The second kappa shape index (κ2) is 13.3. The number of hydrogen-bond donors (Lipinski definition) is 1. The molecule has 0 atom stereocenters. The molecule has 0 heterocycles. The molecular formula is C6H5ClNaO7Zn2+. The summed E-state index contributed by atoms with van der Waals surface area (Å²) in [7, 11) is 0. The summed E-state index contributed by atoms with van der Waals surface area (Å²) in [6.45, 7) is 0. The molecule has 0 saturated carbocycles. The number of halogens is 1. The van der Waals surface area contributed by atoms with Crippen LogP contribution in [0.5, 0.6) is 0 Å². The monoisotopic (exact) mass is 375 g/mol. The third-order valence-electron chi connectivity index (χ3n) is 1.25. The first-order chi connectivity index (χ1) is 5.78. The summed E-state index contributed by atoms with van der Waals surface area (Å²) < 4.78 is 0. The molecule has 0 aromatic carbocycles. The number of rotatable bonds is 5. The van der Waals surface area contributed by atoms with Crippen LogP contribution in [0.2, 0.25) is 0 Å². The van der Waals surface area contributed by atoms with E-state index in [0.717, 1.165) is 0 Å². The molecule has 0 amide bonds. The molecule has 0 aliphatic carbocycles. The van der Waals surface area contributed by atoms with Crippen LogP contribution in [-0.4, -0.2) is 28.6 Å². The molecule has 0 aromatic heterocycles. The van der Waals surface area contributed by atoms with E-state index in [0.29, 0.717) is 0 Å². The van der Waals surface area contributed by atoms with Crippen molar-refractivity contribution < 1.29 is 116 Å². The maximum atomic E-state index is 10.1. The predicted molar refractivity (Wildman–Crippen MR) is 29.2 cm³/mol. The van der Waals surface area contributed by atoms with Crippen molar-refractivity contribution in [1.29, 1.82) is 0 Å². The van der Waals surface area contributed by atoms with Crippen LogP contribution >= 0.6 is 0 Å². The molecule has 7 nitrogen and oxygen atoms in total. The van der Waals surface area contributed by atoms with Gasteiger partial charge in [0.2, 0.25) is 0 Å². The molecular weight excluding hydrogens is 373 g/mol. The van der Waals surface area contributed by atoms with Gasteiger partial charge in [0.25, 0.3) is 0 Å². The van der Waals surface area contributed by atoms with E-state index in [1.165, 1.54) is 0 Å². The van der Waals surface area contributed by atoms with Gasteiger partial charge in [-0.3, -0.25) is 0 Å². The standard InChI is InChI=1S/C6H8O7.ClH.Na.2Zn/c7-3(8)1-6(13,5(11)12)2-4(9)10;;;;/h13H,1-2H2,(H,7,8)(H,9,10)(H,11,12);1H;;;/q;;+1;2*+2/p-4. The maximum Gasteiger partial charge on any atom is 2.00 e. The predicted octanol–water partition coefficient (Wildman–Crippen LogP) is -11.2. The zero-order chi connectivity index (χ0) is 10.6. The first-order valence-electron chi connectivity index (χ1n) is 3.11. The molecule has 82 valence electrons. The van der Waals surface area contributed by atoms with E-state index < -0.39 is 36.4 Å². The number of hydrogen-bond acceptors (Lipinski definition) is 7. The Morgan fingerprint density at radius 3 is 1.29 bits per heavy atom. The van der Waals surface area contributed by atoms with Gasteiger partial charge in [-0.1, -0.05) is 0 Å². The molecule has 1 N–H and O–H groups in total. The van der Waals surface area contributed by atoms with Gasteiger partial charge < -0.3 is 47.2 Å². The van der Waals surface area contributed by atoms with E-state index in [9.17, 15) is 29.7 Å². The maximum absolute atomic E-state index is 10.1. The van der Waals surface area contributed by atoms with Crippen molar-refractivity contribution in [2.24, 2.45) is 0 Å². The Morgan fingerprint density at radius 1 is 0.941 bits per heavy atom. The Hall–Kier alpha value is 0.907. The largest absolute Gasteiger partial charge is 2.00 e. The third-order valence-corrected chi connectivity index (χ3v) is 1.25. The SMILES string of the molecule is O=C([O-])CC(O)(CC(=O)[O-])C(=O)[O-].[Cl-].[Na+].[Zn+2].[Zn+2]. The molecule has 0 radical (unpaired) electrons. The van der Waals surface area contributed by atoms with Crippen molar-refractivity contribution in [3.63, 3.8) is 0 Å². The minimum Gasteiger partial charge on any atom is -1.00 e. The van der Waals surface area contributed by atoms with Crippen LogP contribution in [-0.2, 0) is 53.3 Å². The fraction of sp³-hybridized carbons (Fsp3) is 0.500. The van der Waals surface area contributed by atoms with Gasteiger partial charge in [0.05, 0.1) is 5.97 Å². The van der Waals surface area contributed by atoms with Crippen molar-refractivity contribution in [1.82, 2.24) is 0 Å². The zero-order valence-corrected chi connectivity index (χ0v) is 17.8. The number of carbonyl (C=O) groups excluding carboxylic acids is 3. The molecule has 0 bridgehead atoms. The van der Waals surface area contributed by atoms with Crippen LogP contribution in [0.25, 0.3) is 0 Å². The Bertz CT molecular complexity index is 247. The number of aliphatic carboxylic acids is 3. The van der Waals surface area contributed by atoms with Gasteiger partial charge in [-0.05, 0) is 0 Å². The molecule has 0 aliphatic heterocycles. The van der Waals surface area contributed by atoms with E-state index in [2.05, 4.69) is 0 Å². The van der Waals surface area contributed by atoms with Gasteiger partial charge in [-0.2, -0.15) is 0 Å². The van der Waals surface area contributed by atoms with Crippen LogP contribution in [0.3, 0.4) is 0 Å². The minimum atomic E-state index is -2.97. The third kappa shape index (κ3) is 13.1. The summed E-state index contributed by atoms with van der Waals surface area (Å²) in [6.07, 6.45) is -2.72. The molecule has 0 unspecified atom stereocenters. The van der Waals surface area contributed by atoms with Crippen LogP contribution in [0.4, 0.5) is 0 Å². The van der Waals surface area contributed by atoms with Gasteiger partial charge in [-0.15, -0.1) is 0 Å². The Balaban J connectivity index is -0.000000120. The molecule has 0 spiro atoms. The minimum absolute atomic E-state index is 0. The summed E-state index contributed by atoms with van der Waals surface area (Å²) in [5.41, 5.74) is -2.97. The van der Waals surface area contributed by atoms with Crippen molar-refractivity contribution in [2.45, 2.75) is 18.4 Å². The Morgan fingerprint density at radius 2 is 1.18 bits per heavy atom. The van der Waals surface area contributed by atoms with Gasteiger partial charge in [0.15, 0.2) is 0 Å². The molecule has 0 saturated heterocycles. The van der Waals surface area contributed by atoms with Gasteiger partial charge in [0.1, 0.15) is 5.60 Å². The first kappa shape index (κ1) is 30.7. The quantitative estimate of drug-likeness (QED) is 0.468. The van der Waals surface area contributed by atoms with Gasteiger partial charge in [0, 0.05) is 24.8 Å². The fourth-order valence-electron chi connectivity index (χ4n) is 0.684. The van der Waals surface area contributed by atoms with E-state index in [-0.39, 0.29) is 80.9 Å². The zero-order valence-electron chi connectivity index (χ0n) is 9.10. The fourth-order valence-corrected chi connectivity index (χ4v) is 0.684. The van der Waals surface area contributed by atoms with Crippen molar-refractivity contribution >= 4 is 17.9 Å². The van der Waals surface area contributed by atoms with Crippen LogP contribution in [0.1, 0.15) is 12.8 Å². The van der Waals surface area contributed by atoms with E-state index >= 15 is 0 Å². The van der Waals surface area contributed by atoms with Crippen LogP contribution in [0.15, 0.2) is 0 Å². The number of carbonyl (C=O) groups is 3. The first-order valence-corrected chi connectivity index (χ1v) is 3.11. The van der Waals surface area contributed by atoms with Crippen molar-refractivity contribution in [3.05, 3.63) is 0 Å².